The lowest BCUT2D eigenvalue weighted by atomic mass is 10.1. The highest BCUT2D eigenvalue weighted by molar-refractivity contribution is 6.29. The van der Waals surface area contributed by atoms with Crippen molar-refractivity contribution in [2.45, 2.75) is 13.0 Å². The zero-order valence-electron chi connectivity index (χ0n) is 9.14. The molecule has 5 nitrogen and oxygen atoms in total. The molecule has 1 aliphatic carbocycles. The van der Waals surface area contributed by atoms with E-state index in [1.54, 1.807) is 12.4 Å². The van der Waals surface area contributed by atoms with Crippen molar-refractivity contribution >= 4 is 22.8 Å². The molecule has 6 heteroatoms. The van der Waals surface area contributed by atoms with Gasteiger partial charge in [0.05, 0.1) is 32.2 Å². The molecule has 88 valence electrons. The second-order valence-corrected chi connectivity index (χ2v) is 5.37. The third-order valence-corrected chi connectivity index (χ3v) is 4.03. The summed E-state index contributed by atoms with van der Waals surface area (Å²) in [5, 5.41) is 4.76. The molecule has 4 rings (SSSR count). The summed E-state index contributed by atoms with van der Waals surface area (Å²) in [7, 11) is 0. The Morgan fingerprint density at radius 2 is 2.47 bits per heavy atom. The van der Waals surface area contributed by atoms with Crippen molar-refractivity contribution in [1.29, 1.82) is 0 Å². The summed E-state index contributed by atoms with van der Waals surface area (Å²) >= 11 is 5.87. The van der Waals surface area contributed by atoms with E-state index in [0.717, 1.165) is 30.9 Å². The molecule has 2 aromatic rings. The maximum atomic E-state index is 5.87. The van der Waals surface area contributed by atoms with Crippen LogP contribution in [-0.2, 0) is 11.3 Å². The van der Waals surface area contributed by atoms with Crippen molar-refractivity contribution in [3.63, 3.8) is 0 Å². The van der Waals surface area contributed by atoms with Gasteiger partial charge in [0.25, 0.3) is 0 Å². The highest BCUT2D eigenvalue weighted by atomic mass is 35.5. The highest BCUT2D eigenvalue weighted by Gasteiger charge is 2.58. The minimum Gasteiger partial charge on any atom is -0.380 e. The Hall–Kier alpha value is -1.20. The van der Waals surface area contributed by atoms with Crippen LogP contribution in [0.5, 0.6) is 0 Å². The predicted octanol–water partition coefficient (Wildman–Crippen LogP) is 1.52. The van der Waals surface area contributed by atoms with Gasteiger partial charge >= 0.3 is 0 Å². The first-order chi connectivity index (χ1) is 8.27. The van der Waals surface area contributed by atoms with Gasteiger partial charge in [0.2, 0.25) is 0 Å². The maximum Gasteiger partial charge on any atom is 0.178 e. The fraction of sp³-hybridized carbons (Fsp3) is 0.545. The molecule has 0 N–H and O–H groups in total. The van der Waals surface area contributed by atoms with Crippen LogP contribution in [0.4, 0.5) is 0 Å². The van der Waals surface area contributed by atoms with E-state index in [0.29, 0.717) is 16.5 Å². The summed E-state index contributed by atoms with van der Waals surface area (Å²) in [6.07, 6.45) is 4.53. The van der Waals surface area contributed by atoms with Crippen LogP contribution in [0.1, 0.15) is 6.42 Å². The van der Waals surface area contributed by atoms with Gasteiger partial charge in [-0.05, 0) is 12.3 Å². The molecular weight excluding hydrogens is 240 g/mol. The van der Waals surface area contributed by atoms with E-state index >= 15 is 0 Å². The molecule has 0 radical (unpaired) electrons. The third-order valence-electron chi connectivity index (χ3n) is 3.85. The molecule has 2 unspecified atom stereocenters. The second kappa shape index (κ2) is 3.17. The summed E-state index contributed by atoms with van der Waals surface area (Å²) in [6, 6.07) is 0. The minimum atomic E-state index is 0.295. The van der Waals surface area contributed by atoms with Crippen LogP contribution in [-0.4, -0.2) is 33.0 Å². The second-order valence-electron chi connectivity index (χ2n) is 4.98. The Kier molecular flexibility index (Phi) is 1.83. The topological polar surface area (TPSA) is 52.8 Å². The van der Waals surface area contributed by atoms with Crippen LogP contribution in [0.3, 0.4) is 0 Å². The van der Waals surface area contributed by atoms with Crippen molar-refractivity contribution in [2.24, 2.45) is 11.3 Å². The number of hydrogen-bond donors (Lipinski definition) is 0. The van der Waals surface area contributed by atoms with Crippen LogP contribution < -0.4 is 0 Å². The first-order valence-corrected chi connectivity index (χ1v) is 6.06. The van der Waals surface area contributed by atoms with Crippen LogP contribution in [0, 0.1) is 11.3 Å². The van der Waals surface area contributed by atoms with Gasteiger partial charge in [-0.1, -0.05) is 11.6 Å². The molecule has 2 atom stereocenters. The largest absolute Gasteiger partial charge is 0.380 e. The fourth-order valence-corrected chi connectivity index (χ4v) is 2.86. The van der Waals surface area contributed by atoms with Crippen LogP contribution >= 0.6 is 11.6 Å². The molecule has 0 spiro atoms. The molecule has 0 amide bonds. The Labute approximate surface area is 103 Å². The number of nitrogens with zero attached hydrogens (tertiary/aromatic N) is 4. The fourth-order valence-electron chi connectivity index (χ4n) is 2.73. The van der Waals surface area contributed by atoms with Crippen molar-refractivity contribution in [3.05, 3.63) is 17.5 Å². The number of ether oxygens (including phenoxy) is 1. The van der Waals surface area contributed by atoms with Gasteiger partial charge < -0.3 is 4.74 Å². The van der Waals surface area contributed by atoms with E-state index in [-0.39, 0.29) is 0 Å². The van der Waals surface area contributed by atoms with E-state index in [2.05, 4.69) is 15.1 Å². The van der Waals surface area contributed by atoms with E-state index < -0.39 is 0 Å². The SMILES string of the molecule is Clc1cnc2cnn(CC34COCC3C4)c2n1. The Morgan fingerprint density at radius 3 is 3.24 bits per heavy atom. The third kappa shape index (κ3) is 1.39. The lowest BCUT2D eigenvalue weighted by Crippen LogP contribution is -2.16. The normalized spacial score (nSPS) is 30.8. The van der Waals surface area contributed by atoms with Crippen LogP contribution in [0.25, 0.3) is 11.2 Å². The molecule has 0 aromatic carbocycles. The molecule has 17 heavy (non-hydrogen) atoms. The number of rotatable bonds is 2. The summed E-state index contributed by atoms with van der Waals surface area (Å²) in [5.74, 6) is 0.703. The number of hydrogen-bond acceptors (Lipinski definition) is 4. The summed E-state index contributed by atoms with van der Waals surface area (Å²) in [6.45, 7) is 2.59. The van der Waals surface area contributed by atoms with E-state index in [4.69, 9.17) is 16.3 Å². The molecule has 3 heterocycles. The van der Waals surface area contributed by atoms with Gasteiger partial charge in [-0.3, -0.25) is 0 Å². The predicted molar refractivity (Wildman–Crippen MR) is 61.7 cm³/mol. The standard InChI is InChI=1S/C11H11ClN4O/c12-9-3-13-8-2-14-16(10(8)15-9)5-11-1-7(11)4-17-6-11/h2-3,7H,1,4-6H2. The Balaban J connectivity index is 1.74. The maximum absolute atomic E-state index is 5.87. The summed E-state index contributed by atoms with van der Waals surface area (Å²) < 4.78 is 7.40. The summed E-state index contributed by atoms with van der Waals surface area (Å²) in [5.41, 5.74) is 1.86. The van der Waals surface area contributed by atoms with Crippen molar-refractivity contribution in [2.75, 3.05) is 13.2 Å². The number of fused-ring (bicyclic) bond motifs is 2. The van der Waals surface area contributed by atoms with Crippen molar-refractivity contribution < 1.29 is 4.74 Å². The minimum absolute atomic E-state index is 0.295. The molecule has 0 bridgehead atoms. The quantitative estimate of drug-likeness (QED) is 0.811. The molecule has 1 saturated carbocycles. The van der Waals surface area contributed by atoms with Crippen molar-refractivity contribution in [3.8, 4) is 0 Å². The zero-order chi connectivity index (χ0) is 11.5. The van der Waals surface area contributed by atoms with Crippen LogP contribution in [0.15, 0.2) is 12.4 Å². The molecule has 1 aliphatic heterocycles. The monoisotopic (exact) mass is 250 g/mol. The molecule has 2 aliphatic rings. The van der Waals surface area contributed by atoms with Crippen LogP contribution in [0.2, 0.25) is 5.15 Å². The Bertz CT molecular complexity index is 598. The van der Waals surface area contributed by atoms with Crippen molar-refractivity contribution in [1.82, 2.24) is 19.7 Å². The Morgan fingerprint density at radius 1 is 1.53 bits per heavy atom. The van der Waals surface area contributed by atoms with Gasteiger partial charge in [-0.25, -0.2) is 14.6 Å². The van der Waals surface area contributed by atoms with E-state index in [1.807, 2.05) is 4.68 Å². The van der Waals surface area contributed by atoms with Gasteiger partial charge in [0, 0.05) is 5.41 Å². The molecule has 2 aromatic heterocycles. The van der Waals surface area contributed by atoms with E-state index in [1.165, 1.54) is 6.42 Å². The zero-order valence-corrected chi connectivity index (χ0v) is 9.89. The number of halogens is 1. The number of aromatic nitrogens is 4. The first kappa shape index (κ1) is 9.79. The van der Waals surface area contributed by atoms with Gasteiger partial charge in [-0.15, -0.1) is 0 Å². The van der Waals surface area contributed by atoms with Gasteiger partial charge in [0.15, 0.2) is 5.65 Å². The smallest absolute Gasteiger partial charge is 0.178 e. The first-order valence-electron chi connectivity index (χ1n) is 5.69. The average molecular weight is 251 g/mol. The lowest BCUT2D eigenvalue weighted by Gasteiger charge is -2.11. The van der Waals surface area contributed by atoms with Gasteiger partial charge in [0.1, 0.15) is 10.7 Å². The molecule has 2 fully saturated rings. The average Bonchev–Trinajstić information content (AvgIpc) is 2.69. The molecular formula is C11H11ClN4O. The lowest BCUT2D eigenvalue weighted by molar-refractivity contribution is 0.140. The van der Waals surface area contributed by atoms with E-state index in [9.17, 15) is 0 Å². The summed E-state index contributed by atoms with van der Waals surface area (Å²) in [4.78, 5) is 8.49. The molecule has 1 saturated heterocycles. The highest BCUT2D eigenvalue weighted by Crippen LogP contribution is 2.57. The van der Waals surface area contributed by atoms with Gasteiger partial charge in [-0.2, -0.15) is 5.10 Å².